The lowest BCUT2D eigenvalue weighted by atomic mass is 9.74. The van der Waals surface area contributed by atoms with E-state index < -0.39 is 23.7 Å². The number of carbonyl (C=O) groups excluding carboxylic acids is 4. The third-order valence-electron chi connectivity index (χ3n) is 9.66. The number of nitrogens with zero attached hydrogens (tertiary/aromatic N) is 2. The molecule has 4 rings (SSSR count). The number of amides is 3. The summed E-state index contributed by atoms with van der Waals surface area (Å²) in [6, 6.07) is 5.28. The van der Waals surface area contributed by atoms with Gasteiger partial charge in [0.25, 0.3) is 0 Å². The van der Waals surface area contributed by atoms with Crippen LogP contribution in [0.1, 0.15) is 108 Å². The Morgan fingerprint density at radius 2 is 1.77 bits per heavy atom. The van der Waals surface area contributed by atoms with E-state index in [1.165, 1.54) is 12.1 Å². The van der Waals surface area contributed by atoms with Crippen molar-refractivity contribution in [2.45, 2.75) is 104 Å². The van der Waals surface area contributed by atoms with Crippen LogP contribution in [-0.4, -0.2) is 45.9 Å². The Hall–Kier alpha value is -3.56. The van der Waals surface area contributed by atoms with Gasteiger partial charge in [0.05, 0.1) is 5.69 Å². The van der Waals surface area contributed by atoms with Gasteiger partial charge in [0.15, 0.2) is 5.78 Å². The number of anilines is 1. The van der Waals surface area contributed by atoms with Gasteiger partial charge in [-0.15, -0.1) is 0 Å². The van der Waals surface area contributed by atoms with Gasteiger partial charge in [0.1, 0.15) is 17.6 Å². The molecule has 44 heavy (non-hydrogen) atoms. The molecule has 3 atom stereocenters. The van der Waals surface area contributed by atoms with Gasteiger partial charge in [-0.1, -0.05) is 46.6 Å². The number of hydrogen-bond acceptors (Lipinski definition) is 5. The van der Waals surface area contributed by atoms with Crippen molar-refractivity contribution < 1.29 is 23.6 Å². The van der Waals surface area contributed by atoms with Crippen molar-refractivity contribution in [2.24, 2.45) is 23.2 Å². The highest BCUT2D eigenvalue weighted by atomic mass is 19.1. The lowest BCUT2D eigenvalue weighted by molar-refractivity contribution is -0.129. The number of aromatic nitrogens is 2. The second-order valence-electron chi connectivity index (χ2n) is 13.2. The molecule has 10 heteroatoms. The number of benzene rings is 1. The third kappa shape index (κ3) is 8.33. The molecule has 2 saturated carbocycles. The van der Waals surface area contributed by atoms with E-state index in [4.69, 9.17) is 0 Å². The SMILES string of the molecule is CCC(=O)N[C@@H](C(=O)NCC1(C)CC1)[C@@H](C)c1ccc(NC(=O)[C@@H](CC(=O)c2ccnn2CC)C2CCC(C)CC2)c(F)c1. The summed E-state index contributed by atoms with van der Waals surface area (Å²) >= 11 is 0. The molecule has 0 bridgehead atoms. The van der Waals surface area contributed by atoms with Crippen molar-refractivity contribution in [3.05, 3.63) is 47.5 Å². The Bertz CT molecular complexity index is 1340. The molecule has 0 unspecified atom stereocenters. The van der Waals surface area contributed by atoms with Gasteiger partial charge in [0.2, 0.25) is 17.7 Å². The van der Waals surface area contributed by atoms with Gasteiger partial charge >= 0.3 is 0 Å². The Morgan fingerprint density at radius 1 is 1.07 bits per heavy atom. The minimum absolute atomic E-state index is 0.0198. The lowest BCUT2D eigenvalue weighted by Gasteiger charge is -2.32. The summed E-state index contributed by atoms with van der Waals surface area (Å²) in [6.45, 7) is 10.8. The topological polar surface area (TPSA) is 122 Å². The number of aryl methyl sites for hydroxylation is 1. The summed E-state index contributed by atoms with van der Waals surface area (Å²) in [7, 11) is 0. The van der Waals surface area contributed by atoms with Crippen molar-refractivity contribution in [3.63, 3.8) is 0 Å². The van der Waals surface area contributed by atoms with E-state index in [2.05, 4.69) is 34.9 Å². The van der Waals surface area contributed by atoms with E-state index in [-0.39, 0.29) is 53.4 Å². The monoisotopic (exact) mass is 609 g/mol. The number of nitrogens with one attached hydrogen (secondary N) is 3. The summed E-state index contributed by atoms with van der Waals surface area (Å²) in [4.78, 5) is 52.4. The van der Waals surface area contributed by atoms with Crippen LogP contribution in [0.15, 0.2) is 30.5 Å². The Morgan fingerprint density at radius 3 is 2.39 bits per heavy atom. The maximum Gasteiger partial charge on any atom is 0.243 e. The van der Waals surface area contributed by atoms with Crippen LogP contribution in [0.3, 0.4) is 0 Å². The molecule has 2 aliphatic carbocycles. The second-order valence-corrected chi connectivity index (χ2v) is 13.2. The predicted octanol–water partition coefficient (Wildman–Crippen LogP) is 5.61. The first kappa shape index (κ1) is 33.3. The van der Waals surface area contributed by atoms with Crippen molar-refractivity contribution in [2.75, 3.05) is 11.9 Å². The minimum Gasteiger partial charge on any atom is -0.354 e. The Kier molecular flexibility index (Phi) is 11.0. The molecule has 0 radical (unpaired) electrons. The largest absolute Gasteiger partial charge is 0.354 e. The fourth-order valence-corrected chi connectivity index (χ4v) is 6.12. The van der Waals surface area contributed by atoms with Crippen LogP contribution in [0.4, 0.5) is 10.1 Å². The molecule has 1 aromatic carbocycles. The van der Waals surface area contributed by atoms with Crippen LogP contribution in [0.5, 0.6) is 0 Å². The fourth-order valence-electron chi connectivity index (χ4n) is 6.12. The minimum atomic E-state index is -0.870. The van der Waals surface area contributed by atoms with Gasteiger partial charge in [-0.25, -0.2) is 4.39 Å². The normalized spacial score (nSPS) is 21.0. The highest BCUT2D eigenvalue weighted by Gasteiger charge is 2.39. The van der Waals surface area contributed by atoms with E-state index in [1.54, 1.807) is 36.9 Å². The number of hydrogen-bond donors (Lipinski definition) is 3. The maximum atomic E-state index is 15.5. The van der Waals surface area contributed by atoms with Gasteiger partial charge in [-0.05, 0) is 73.6 Å². The van der Waals surface area contributed by atoms with E-state index in [1.807, 2.05) is 6.92 Å². The molecular formula is C34H48FN5O4. The predicted molar refractivity (Wildman–Crippen MR) is 167 cm³/mol. The summed E-state index contributed by atoms with van der Waals surface area (Å²) in [6.07, 6.45) is 7.57. The third-order valence-corrected chi connectivity index (χ3v) is 9.66. The van der Waals surface area contributed by atoms with Gasteiger partial charge in [-0.3, -0.25) is 23.9 Å². The van der Waals surface area contributed by atoms with Crippen LogP contribution >= 0.6 is 0 Å². The first-order valence-electron chi connectivity index (χ1n) is 16.2. The maximum absolute atomic E-state index is 15.5. The number of rotatable bonds is 14. The zero-order valence-electron chi connectivity index (χ0n) is 26.7. The quantitative estimate of drug-likeness (QED) is 0.240. The van der Waals surface area contributed by atoms with Crippen molar-refractivity contribution in [1.29, 1.82) is 0 Å². The molecule has 0 saturated heterocycles. The van der Waals surface area contributed by atoms with E-state index in [9.17, 15) is 19.2 Å². The number of Topliss-reactive ketones (excluding diaryl/α,β-unsaturated/α-hetero) is 1. The zero-order valence-corrected chi connectivity index (χ0v) is 26.7. The molecule has 1 aromatic heterocycles. The number of halogens is 1. The molecule has 0 spiro atoms. The highest BCUT2D eigenvalue weighted by molar-refractivity contribution is 6.00. The summed E-state index contributed by atoms with van der Waals surface area (Å²) < 4.78 is 17.2. The number of carbonyl (C=O) groups is 4. The standard InChI is InChI=1S/C34H48FN5O4/c1-6-30(42)39-31(33(44)36-20-34(5)15-16-34)22(4)24-12-13-27(26(35)18-24)38-32(43)25(23-10-8-21(3)9-11-23)19-29(41)28-14-17-37-40(28)7-2/h12-14,17-18,21-23,25,31H,6-11,15-16,19-20H2,1-5H3,(H,36,44)(H,38,43)(H,39,42)/t21?,22-,23?,25-,31+/m0/s1. The van der Waals surface area contributed by atoms with Crippen LogP contribution < -0.4 is 16.0 Å². The molecule has 3 amide bonds. The summed E-state index contributed by atoms with van der Waals surface area (Å²) in [5.41, 5.74) is 1.11. The molecule has 2 fully saturated rings. The van der Waals surface area contributed by atoms with Gasteiger partial charge in [-0.2, -0.15) is 5.10 Å². The van der Waals surface area contributed by atoms with Crippen LogP contribution in [-0.2, 0) is 20.9 Å². The average Bonchev–Trinajstić information content (AvgIpc) is 3.55. The molecule has 240 valence electrons. The molecule has 0 aliphatic heterocycles. The first-order valence-corrected chi connectivity index (χ1v) is 16.2. The highest BCUT2D eigenvalue weighted by Crippen LogP contribution is 2.44. The average molecular weight is 610 g/mol. The van der Waals surface area contributed by atoms with E-state index in [0.717, 1.165) is 38.5 Å². The van der Waals surface area contributed by atoms with Crippen LogP contribution in [0, 0.1) is 29.0 Å². The smallest absolute Gasteiger partial charge is 0.243 e. The summed E-state index contributed by atoms with van der Waals surface area (Å²) in [5.74, 6) is -2.25. The van der Waals surface area contributed by atoms with Gasteiger partial charge in [0, 0.05) is 44.0 Å². The Labute approximate surface area is 260 Å². The van der Waals surface area contributed by atoms with Crippen LogP contribution in [0.2, 0.25) is 0 Å². The van der Waals surface area contributed by atoms with Crippen molar-refractivity contribution >= 4 is 29.2 Å². The Balaban J connectivity index is 1.50. The van der Waals surface area contributed by atoms with Crippen molar-refractivity contribution in [1.82, 2.24) is 20.4 Å². The first-order chi connectivity index (χ1) is 20.9. The second kappa shape index (κ2) is 14.5. The van der Waals surface area contributed by atoms with E-state index >= 15 is 4.39 Å². The molecule has 3 N–H and O–H groups in total. The van der Waals surface area contributed by atoms with E-state index in [0.29, 0.717) is 30.3 Å². The fraction of sp³-hybridized carbons (Fsp3) is 0.618. The molecule has 2 aliphatic rings. The zero-order chi connectivity index (χ0) is 32.0. The van der Waals surface area contributed by atoms with Crippen molar-refractivity contribution in [3.8, 4) is 0 Å². The molecular weight excluding hydrogens is 561 g/mol. The van der Waals surface area contributed by atoms with Gasteiger partial charge < -0.3 is 16.0 Å². The summed E-state index contributed by atoms with van der Waals surface area (Å²) in [5, 5.41) is 12.7. The molecule has 1 heterocycles. The van der Waals surface area contributed by atoms with Crippen LogP contribution in [0.25, 0.3) is 0 Å². The molecule has 9 nitrogen and oxygen atoms in total. The number of ketones is 1. The lowest BCUT2D eigenvalue weighted by Crippen LogP contribution is -2.50. The molecule has 2 aromatic rings.